The minimum absolute atomic E-state index is 0.00567. The normalized spacial score (nSPS) is 11.8. The fourth-order valence-corrected chi connectivity index (χ4v) is 1.53. The Balaban J connectivity index is 2.55. The number of anilines is 1. The molecule has 1 rings (SSSR count). The third-order valence-electron chi connectivity index (χ3n) is 2.91. The van der Waals surface area contributed by atoms with Crippen molar-refractivity contribution in [2.45, 2.75) is 33.3 Å². The summed E-state index contributed by atoms with van der Waals surface area (Å²) in [5, 5.41) is 11.3. The molecular formula is C15H21NO5. The molecule has 0 aromatic heterocycles. The monoisotopic (exact) mass is 295 g/mol. The van der Waals surface area contributed by atoms with Crippen molar-refractivity contribution in [1.82, 2.24) is 0 Å². The molecular weight excluding hydrogens is 274 g/mol. The van der Waals surface area contributed by atoms with E-state index in [1.54, 1.807) is 25.1 Å². The zero-order chi connectivity index (χ0) is 15.8. The maximum Gasteiger partial charge on any atom is 0.341 e. The van der Waals surface area contributed by atoms with Crippen molar-refractivity contribution in [2.24, 2.45) is 0 Å². The number of amides is 1. The summed E-state index contributed by atoms with van der Waals surface area (Å²) in [5.74, 6) is -0.811. The molecule has 0 fully saturated rings. The van der Waals surface area contributed by atoms with Crippen LogP contribution in [0.2, 0.25) is 0 Å². The number of rotatable bonds is 8. The van der Waals surface area contributed by atoms with Crippen LogP contribution < -0.4 is 10.1 Å². The lowest BCUT2D eigenvalue weighted by Gasteiger charge is -2.13. The van der Waals surface area contributed by atoms with E-state index in [-0.39, 0.29) is 18.6 Å². The predicted octanol–water partition coefficient (Wildman–Crippen LogP) is 2.21. The van der Waals surface area contributed by atoms with Crippen molar-refractivity contribution in [2.75, 3.05) is 18.5 Å². The number of carboxylic acid groups (broad SMARTS) is 1. The maximum absolute atomic E-state index is 11.7. The van der Waals surface area contributed by atoms with Crippen LogP contribution in [0.5, 0.6) is 5.75 Å². The summed E-state index contributed by atoms with van der Waals surface area (Å²) in [6.07, 6.45) is 0.894. The van der Waals surface area contributed by atoms with E-state index in [1.807, 2.05) is 13.8 Å². The Kier molecular flexibility index (Phi) is 6.68. The lowest BCUT2D eigenvalue weighted by atomic mass is 10.2. The molecule has 0 aliphatic carbocycles. The first-order valence-electron chi connectivity index (χ1n) is 6.79. The van der Waals surface area contributed by atoms with Gasteiger partial charge in [0, 0.05) is 5.69 Å². The number of hydrogen-bond acceptors (Lipinski definition) is 4. The molecule has 1 amide bonds. The third-order valence-corrected chi connectivity index (χ3v) is 2.91. The molecule has 0 saturated carbocycles. The van der Waals surface area contributed by atoms with Crippen LogP contribution in [0, 0.1) is 6.92 Å². The van der Waals surface area contributed by atoms with Gasteiger partial charge in [-0.15, -0.1) is 0 Å². The Bertz CT molecular complexity index is 501. The molecule has 0 heterocycles. The van der Waals surface area contributed by atoms with Gasteiger partial charge in [0.1, 0.15) is 12.4 Å². The first-order valence-corrected chi connectivity index (χ1v) is 6.79. The Morgan fingerprint density at radius 3 is 2.62 bits per heavy atom. The van der Waals surface area contributed by atoms with E-state index in [1.165, 1.54) is 0 Å². The van der Waals surface area contributed by atoms with Gasteiger partial charge in [0.15, 0.2) is 6.61 Å². The molecule has 6 heteroatoms. The molecule has 0 aliphatic rings. The van der Waals surface area contributed by atoms with Crippen molar-refractivity contribution < 1.29 is 24.2 Å². The van der Waals surface area contributed by atoms with E-state index in [0.717, 1.165) is 12.0 Å². The molecule has 6 nitrogen and oxygen atoms in total. The van der Waals surface area contributed by atoms with Crippen LogP contribution in [0.4, 0.5) is 5.69 Å². The first kappa shape index (κ1) is 17.0. The van der Waals surface area contributed by atoms with Gasteiger partial charge in [0.05, 0.1) is 6.10 Å². The van der Waals surface area contributed by atoms with Gasteiger partial charge < -0.3 is 19.9 Å². The number of carboxylic acids is 1. The quantitative estimate of drug-likeness (QED) is 0.768. The highest BCUT2D eigenvalue weighted by Gasteiger charge is 2.08. The largest absolute Gasteiger partial charge is 0.482 e. The summed E-state index contributed by atoms with van der Waals surface area (Å²) in [5.41, 5.74) is 1.44. The van der Waals surface area contributed by atoms with E-state index >= 15 is 0 Å². The van der Waals surface area contributed by atoms with Crippen LogP contribution in [0.25, 0.3) is 0 Å². The van der Waals surface area contributed by atoms with Crippen molar-refractivity contribution >= 4 is 17.6 Å². The zero-order valence-electron chi connectivity index (χ0n) is 12.5. The molecule has 1 aromatic rings. The van der Waals surface area contributed by atoms with Crippen LogP contribution in [0.3, 0.4) is 0 Å². The van der Waals surface area contributed by atoms with E-state index in [2.05, 4.69) is 5.32 Å². The maximum atomic E-state index is 11.7. The highest BCUT2D eigenvalue weighted by atomic mass is 16.5. The molecule has 0 radical (unpaired) electrons. The third kappa shape index (κ3) is 6.27. The van der Waals surface area contributed by atoms with E-state index in [9.17, 15) is 9.59 Å². The number of aryl methyl sites for hydroxylation is 1. The Morgan fingerprint density at radius 1 is 1.33 bits per heavy atom. The average Bonchev–Trinajstić information content (AvgIpc) is 2.45. The second-order valence-corrected chi connectivity index (χ2v) is 4.74. The minimum atomic E-state index is -1.03. The molecule has 21 heavy (non-hydrogen) atoms. The highest BCUT2D eigenvalue weighted by Crippen LogP contribution is 2.21. The fourth-order valence-electron chi connectivity index (χ4n) is 1.53. The van der Waals surface area contributed by atoms with Gasteiger partial charge in [-0.3, -0.25) is 4.79 Å². The smallest absolute Gasteiger partial charge is 0.341 e. The van der Waals surface area contributed by atoms with Crippen LogP contribution in [0.1, 0.15) is 25.8 Å². The second-order valence-electron chi connectivity index (χ2n) is 4.74. The topological polar surface area (TPSA) is 84.9 Å². The number of aliphatic carboxylic acids is 1. The Morgan fingerprint density at radius 2 is 2.05 bits per heavy atom. The second kappa shape index (κ2) is 8.26. The van der Waals surface area contributed by atoms with Gasteiger partial charge in [-0.05, 0) is 44.0 Å². The lowest BCUT2D eigenvalue weighted by molar-refractivity contribution is -0.139. The fraction of sp³-hybridized carbons (Fsp3) is 0.467. The highest BCUT2D eigenvalue weighted by molar-refractivity contribution is 5.92. The standard InChI is InChI=1S/C15H21NO5/c1-4-11(3)20-8-14(17)16-13-6-5-12(7-10(13)2)21-9-15(18)19/h5-7,11H,4,8-9H2,1-3H3,(H,16,17)(H,18,19). The van der Waals surface area contributed by atoms with Gasteiger partial charge in [-0.1, -0.05) is 6.92 Å². The molecule has 0 saturated heterocycles. The number of ether oxygens (including phenoxy) is 2. The number of hydrogen-bond donors (Lipinski definition) is 2. The van der Waals surface area contributed by atoms with E-state index in [4.69, 9.17) is 14.6 Å². The summed E-state index contributed by atoms with van der Waals surface area (Å²) in [6.45, 7) is 5.31. The molecule has 116 valence electrons. The summed E-state index contributed by atoms with van der Waals surface area (Å²) < 4.78 is 10.4. The minimum Gasteiger partial charge on any atom is -0.482 e. The molecule has 0 spiro atoms. The molecule has 1 unspecified atom stereocenters. The molecule has 1 aromatic carbocycles. The average molecular weight is 295 g/mol. The van der Waals surface area contributed by atoms with Crippen LogP contribution >= 0.6 is 0 Å². The van der Waals surface area contributed by atoms with Gasteiger partial charge in [-0.2, -0.15) is 0 Å². The van der Waals surface area contributed by atoms with Crippen molar-refractivity contribution in [3.63, 3.8) is 0 Å². The molecule has 1 atom stereocenters. The summed E-state index contributed by atoms with van der Waals surface area (Å²) in [7, 11) is 0. The summed E-state index contributed by atoms with van der Waals surface area (Å²) >= 11 is 0. The van der Waals surface area contributed by atoms with E-state index in [0.29, 0.717) is 11.4 Å². The summed E-state index contributed by atoms with van der Waals surface area (Å²) in [4.78, 5) is 22.2. The molecule has 0 bridgehead atoms. The van der Waals surface area contributed by atoms with Crippen molar-refractivity contribution in [1.29, 1.82) is 0 Å². The van der Waals surface area contributed by atoms with Crippen molar-refractivity contribution in [3.05, 3.63) is 23.8 Å². The van der Waals surface area contributed by atoms with Crippen LogP contribution in [0.15, 0.2) is 18.2 Å². The van der Waals surface area contributed by atoms with Crippen molar-refractivity contribution in [3.8, 4) is 5.75 Å². The van der Waals surface area contributed by atoms with Gasteiger partial charge in [0.25, 0.3) is 0 Å². The molecule has 2 N–H and O–H groups in total. The van der Waals surface area contributed by atoms with Crippen LogP contribution in [-0.2, 0) is 14.3 Å². The van der Waals surface area contributed by atoms with E-state index < -0.39 is 12.6 Å². The summed E-state index contributed by atoms with van der Waals surface area (Å²) in [6, 6.07) is 4.96. The Hall–Kier alpha value is -2.08. The SMILES string of the molecule is CCC(C)OCC(=O)Nc1ccc(OCC(=O)O)cc1C. The first-order chi connectivity index (χ1) is 9.92. The van der Waals surface area contributed by atoms with Gasteiger partial charge in [-0.25, -0.2) is 4.79 Å². The number of nitrogens with one attached hydrogen (secondary N) is 1. The number of carbonyl (C=O) groups excluding carboxylic acids is 1. The molecule has 0 aliphatic heterocycles. The zero-order valence-corrected chi connectivity index (χ0v) is 12.5. The lowest BCUT2D eigenvalue weighted by Crippen LogP contribution is -2.22. The van der Waals surface area contributed by atoms with Gasteiger partial charge in [0.2, 0.25) is 5.91 Å². The Labute approximate surface area is 124 Å². The van der Waals surface area contributed by atoms with Gasteiger partial charge >= 0.3 is 5.97 Å². The predicted molar refractivity (Wildman–Crippen MR) is 78.6 cm³/mol. The number of benzene rings is 1. The van der Waals surface area contributed by atoms with Crippen LogP contribution in [-0.4, -0.2) is 36.3 Å². The number of carbonyl (C=O) groups is 2.